The van der Waals surface area contributed by atoms with Crippen LogP contribution in [0, 0.1) is 0 Å². The number of aromatic nitrogens is 1. The first-order valence-corrected chi connectivity index (χ1v) is 6.44. The second kappa shape index (κ2) is 4.10. The maximum Gasteiger partial charge on any atom is 0.135 e. The van der Waals surface area contributed by atoms with Crippen molar-refractivity contribution in [1.82, 2.24) is 4.98 Å². The van der Waals surface area contributed by atoms with Crippen molar-refractivity contribution in [3.8, 4) is 11.1 Å². The zero-order valence-electron chi connectivity index (χ0n) is 10.7. The molecule has 0 amide bonds. The normalized spacial score (nSPS) is 11.2. The summed E-state index contributed by atoms with van der Waals surface area (Å²) >= 11 is 0. The van der Waals surface area contributed by atoms with Gasteiger partial charge in [-0.3, -0.25) is 0 Å². The van der Waals surface area contributed by atoms with Gasteiger partial charge in [-0.2, -0.15) is 0 Å². The molecule has 0 unspecified atom stereocenters. The Labute approximate surface area is 115 Å². The highest BCUT2D eigenvalue weighted by Crippen LogP contribution is 2.32. The lowest BCUT2D eigenvalue weighted by Crippen LogP contribution is -1.88. The number of nitrogens with two attached hydrogens (primary N) is 1. The first-order chi connectivity index (χ1) is 9.81. The fourth-order valence-electron chi connectivity index (χ4n) is 2.48. The number of anilines is 1. The molecular formula is C17H12N2O. The molecule has 0 fully saturated rings. The van der Waals surface area contributed by atoms with Crippen molar-refractivity contribution in [1.29, 1.82) is 0 Å². The van der Waals surface area contributed by atoms with Gasteiger partial charge in [-0.15, -0.1) is 0 Å². The quantitative estimate of drug-likeness (QED) is 0.557. The summed E-state index contributed by atoms with van der Waals surface area (Å²) in [5.41, 5.74) is 9.60. The summed E-state index contributed by atoms with van der Waals surface area (Å²) < 4.78 is 5.83. The second-order valence-corrected chi connectivity index (χ2v) is 4.78. The Kier molecular flexibility index (Phi) is 2.27. The van der Waals surface area contributed by atoms with Crippen LogP contribution in [-0.2, 0) is 0 Å². The third-order valence-electron chi connectivity index (χ3n) is 3.50. The standard InChI is InChI=1S/C17H12N2O/c18-17-8-6-12(10-19-17)11-5-7-16-14(9-11)13-3-1-2-4-15(13)20-16/h1-10H,(H2,18,19). The number of hydrogen-bond acceptors (Lipinski definition) is 3. The van der Waals surface area contributed by atoms with Gasteiger partial charge in [-0.1, -0.05) is 24.3 Å². The van der Waals surface area contributed by atoms with Crippen molar-refractivity contribution in [3.63, 3.8) is 0 Å². The number of fused-ring (bicyclic) bond motifs is 3. The van der Waals surface area contributed by atoms with Crippen molar-refractivity contribution in [2.45, 2.75) is 0 Å². The van der Waals surface area contributed by atoms with Crippen LogP contribution in [0.3, 0.4) is 0 Å². The Morgan fingerprint density at radius 1 is 0.800 bits per heavy atom. The van der Waals surface area contributed by atoms with Crippen molar-refractivity contribution in [2.24, 2.45) is 0 Å². The van der Waals surface area contributed by atoms with Gasteiger partial charge in [0.1, 0.15) is 17.0 Å². The fourth-order valence-corrected chi connectivity index (χ4v) is 2.48. The van der Waals surface area contributed by atoms with Gasteiger partial charge in [0.15, 0.2) is 0 Å². The third-order valence-corrected chi connectivity index (χ3v) is 3.50. The van der Waals surface area contributed by atoms with E-state index >= 15 is 0 Å². The topological polar surface area (TPSA) is 52.0 Å². The predicted molar refractivity (Wildman–Crippen MR) is 81.4 cm³/mol. The van der Waals surface area contributed by atoms with Crippen molar-refractivity contribution >= 4 is 27.8 Å². The van der Waals surface area contributed by atoms with Gasteiger partial charge >= 0.3 is 0 Å². The summed E-state index contributed by atoms with van der Waals surface area (Å²) in [4.78, 5) is 4.14. The fraction of sp³-hybridized carbons (Fsp3) is 0. The minimum atomic E-state index is 0.531. The van der Waals surface area contributed by atoms with Crippen molar-refractivity contribution in [3.05, 3.63) is 60.8 Å². The largest absolute Gasteiger partial charge is 0.456 e. The average Bonchev–Trinajstić information content (AvgIpc) is 2.86. The molecule has 0 atom stereocenters. The summed E-state index contributed by atoms with van der Waals surface area (Å²) in [7, 11) is 0. The van der Waals surface area contributed by atoms with Gasteiger partial charge in [0, 0.05) is 22.5 Å². The van der Waals surface area contributed by atoms with Crippen LogP contribution in [0.4, 0.5) is 5.82 Å². The summed E-state index contributed by atoms with van der Waals surface area (Å²) in [5.74, 6) is 0.531. The molecule has 2 aromatic heterocycles. The molecule has 20 heavy (non-hydrogen) atoms. The number of rotatable bonds is 1. The summed E-state index contributed by atoms with van der Waals surface area (Å²) in [6.45, 7) is 0. The van der Waals surface area contributed by atoms with E-state index in [1.165, 1.54) is 0 Å². The van der Waals surface area contributed by atoms with E-state index in [9.17, 15) is 0 Å². The Balaban J connectivity index is 1.97. The van der Waals surface area contributed by atoms with E-state index in [2.05, 4.69) is 17.1 Å². The monoisotopic (exact) mass is 260 g/mol. The molecule has 0 saturated heterocycles. The summed E-state index contributed by atoms with van der Waals surface area (Å²) in [6, 6.07) is 18.0. The molecule has 4 rings (SSSR count). The number of pyridine rings is 1. The van der Waals surface area contributed by atoms with Crippen molar-refractivity contribution in [2.75, 3.05) is 5.73 Å². The third kappa shape index (κ3) is 1.64. The molecule has 0 aliphatic rings. The zero-order chi connectivity index (χ0) is 13.5. The van der Waals surface area contributed by atoms with Gasteiger partial charge in [-0.25, -0.2) is 4.98 Å². The van der Waals surface area contributed by atoms with E-state index in [0.29, 0.717) is 5.82 Å². The minimum Gasteiger partial charge on any atom is -0.456 e. The highest BCUT2D eigenvalue weighted by Gasteiger charge is 2.07. The lowest BCUT2D eigenvalue weighted by atomic mass is 10.0. The SMILES string of the molecule is Nc1ccc(-c2ccc3oc4ccccc4c3c2)cn1. The van der Waals surface area contributed by atoms with Crippen LogP contribution >= 0.6 is 0 Å². The molecule has 2 N–H and O–H groups in total. The Bertz CT molecular complexity index is 907. The van der Waals surface area contributed by atoms with Gasteiger partial charge in [0.2, 0.25) is 0 Å². The lowest BCUT2D eigenvalue weighted by molar-refractivity contribution is 0.669. The molecule has 0 aliphatic heterocycles. The maximum atomic E-state index is 5.83. The first-order valence-electron chi connectivity index (χ1n) is 6.44. The Morgan fingerprint density at radius 3 is 2.45 bits per heavy atom. The van der Waals surface area contributed by atoms with E-state index in [1.807, 2.05) is 42.5 Å². The van der Waals surface area contributed by atoms with Crippen LogP contribution in [0.1, 0.15) is 0 Å². The molecule has 0 bridgehead atoms. The Hall–Kier alpha value is -2.81. The molecule has 4 aromatic rings. The summed E-state index contributed by atoms with van der Waals surface area (Å²) in [5, 5.41) is 2.25. The van der Waals surface area contributed by atoms with E-state index < -0.39 is 0 Å². The van der Waals surface area contributed by atoms with Crippen LogP contribution in [0.2, 0.25) is 0 Å². The molecule has 2 heterocycles. The number of nitrogen functional groups attached to an aromatic ring is 1. The smallest absolute Gasteiger partial charge is 0.135 e. The van der Waals surface area contributed by atoms with E-state index in [-0.39, 0.29) is 0 Å². The minimum absolute atomic E-state index is 0.531. The van der Waals surface area contributed by atoms with E-state index in [0.717, 1.165) is 33.1 Å². The molecule has 0 aliphatic carbocycles. The number of benzene rings is 2. The van der Waals surface area contributed by atoms with Gasteiger partial charge in [0.25, 0.3) is 0 Å². The molecule has 96 valence electrons. The molecular weight excluding hydrogens is 248 g/mol. The maximum absolute atomic E-state index is 5.83. The van der Waals surface area contributed by atoms with Crippen LogP contribution in [0.25, 0.3) is 33.1 Å². The lowest BCUT2D eigenvalue weighted by Gasteiger charge is -2.01. The highest BCUT2D eigenvalue weighted by atomic mass is 16.3. The Morgan fingerprint density at radius 2 is 1.60 bits per heavy atom. The van der Waals surface area contributed by atoms with Crippen LogP contribution in [-0.4, -0.2) is 4.98 Å². The number of nitrogens with zero attached hydrogens (tertiary/aromatic N) is 1. The van der Waals surface area contributed by atoms with Crippen molar-refractivity contribution < 1.29 is 4.42 Å². The molecule has 2 aromatic carbocycles. The summed E-state index contributed by atoms with van der Waals surface area (Å²) in [6.07, 6.45) is 1.79. The number of hydrogen-bond donors (Lipinski definition) is 1. The average molecular weight is 260 g/mol. The highest BCUT2D eigenvalue weighted by molar-refractivity contribution is 6.06. The molecule has 0 saturated carbocycles. The van der Waals surface area contributed by atoms with E-state index in [4.69, 9.17) is 10.2 Å². The van der Waals surface area contributed by atoms with Gasteiger partial charge in [0.05, 0.1) is 0 Å². The van der Waals surface area contributed by atoms with Gasteiger partial charge in [-0.05, 0) is 35.9 Å². The molecule has 3 heteroatoms. The van der Waals surface area contributed by atoms with E-state index in [1.54, 1.807) is 6.20 Å². The molecule has 0 radical (unpaired) electrons. The number of furan rings is 1. The van der Waals surface area contributed by atoms with Gasteiger partial charge < -0.3 is 10.2 Å². The molecule has 3 nitrogen and oxygen atoms in total. The first kappa shape index (κ1) is 11.1. The van der Waals surface area contributed by atoms with Crippen LogP contribution in [0.5, 0.6) is 0 Å². The zero-order valence-corrected chi connectivity index (χ0v) is 10.7. The predicted octanol–water partition coefficient (Wildman–Crippen LogP) is 4.23. The molecule has 0 spiro atoms. The van der Waals surface area contributed by atoms with Crippen LogP contribution in [0.15, 0.2) is 65.2 Å². The number of para-hydroxylation sites is 1. The van der Waals surface area contributed by atoms with Crippen LogP contribution < -0.4 is 5.73 Å². The second-order valence-electron chi connectivity index (χ2n) is 4.78.